The van der Waals surface area contributed by atoms with Gasteiger partial charge in [0.25, 0.3) is 0 Å². The van der Waals surface area contributed by atoms with Crippen molar-refractivity contribution in [2.24, 2.45) is 0 Å². The predicted molar refractivity (Wildman–Crippen MR) is 49.5 cm³/mol. The number of hydrogen-bond donors (Lipinski definition) is 2. The topological polar surface area (TPSA) is 33.3 Å². The van der Waals surface area contributed by atoms with Gasteiger partial charge in [-0.3, -0.25) is 10.2 Å². The summed E-state index contributed by atoms with van der Waals surface area (Å²) in [5, 5.41) is 3.31. The van der Waals surface area contributed by atoms with Crippen molar-refractivity contribution in [3.05, 3.63) is 12.2 Å². The number of hydroxylamine groups is 1. The van der Waals surface area contributed by atoms with Crippen molar-refractivity contribution >= 4 is 0 Å². The van der Waals surface area contributed by atoms with Crippen LogP contribution in [0, 0.1) is 0 Å². The van der Waals surface area contributed by atoms with E-state index in [0.29, 0.717) is 12.8 Å². The number of rotatable bonds is 4. The van der Waals surface area contributed by atoms with Crippen LogP contribution in [0.2, 0.25) is 0 Å². The van der Waals surface area contributed by atoms with Gasteiger partial charge in [0.05, 0.1) is 0 Å². The molecule has 1 saturated carbocycles. The van der Waals surface area contributed by atoms with Gasteiger partial charge in [-0.1, -0.05) is 12.2 Å². The van der Waals surface area contributed by atoms with Crippen LogP contribution in [0.4, 0.5) is 0 Å². The molecule has 0 amide bonds. The molecule has 2 N–H and O–H groups in total. The molecule has 0 heterocycles. The molecule has 3 nitrogen and oxygen atoms in total. The molecule has 3 heteroatoms. The highest BCUT2D eigenvalue weighted by Gasteiger charge is 2.14. The molecular weight excluding hydrogens is 152 g/mol. The Bertz CT molecular complexity index is 147. The smallest absolute Gasteiger partial charge is 0.119 e. The van der Waals surface area contributed by atoms with Crippen molar-refractivity contribution < 1.29 is 4.84 Å². The maximum atomic E-state index is 4.98. The van der Waals surface area contributed by atoms with Gasteiger partial charge in [-0.2, -0.15) is 0 Å². The lowest BCUT2D eigenvalue weighted by atomic mass is 9.92. The molecule has 0 aromatic carbocycles. The Labute approximate surface area is 74.1 Å². The van der Waals surface area contributed by atoms with Crippen molar-refractivity contribution in [3.8, 4) is 0 Å². The Morgan fingerprint density at radius 2 is 2.50 bits per heavy atom. The van der Waals surface area contributed by atoms with Gasteiger partial charge >= 0.3 is 0 Å². The van der Waals surface area contributed by atoms with E-state index in [9.17, 15) is 0 Å². The van der Waals surface area contributed by atoms with Crippen molar-refractivity contribution in [1.29, 1.82) is 0 Å². The van der Waals surface area contributed by atoms with Crippen LogP contribution >= 0.6 is 0 Å². The van der Waals surface area contributed by atoms with Crippen LogP contribution in [0.25, 0.3) is 0 Å². The van der Waals surface area contributed by atoms with Crippen LogP contribution < -0.4 is 10.8 Å². The van der Waals surface area contributed by atoms with E-state index >= 15 is 0 Å². The molecule has 0 spiro atoms. The Morgan fingerprint density at radius 1 is 1.67 bits per heavy atom. The largest absolute Gasteiger partial charge is 0.290 e. The minimum Gasteiger partial charge on any atom is -0.290 e. The summed E-state index contributed by atoms with van der Waals surface area (Å²) in [7, 11) is 1.77. The van der Waals surface area contributed by atoms with Crippen molar-refractivity contribution in [2.75, 3.05) is 13.8 Å². The number of hydrogen-bond acceptors (Lipinski definition) is 3. The summed E-state index contributed by atoms with van der Waals surface area (Å²) in [6, 6.07) is 0.569. The van der Waals surface area contributed by atoms with Crippen LogP contribution in [-0.2, 0) is 4.84 Å². The third-order valence-electron chi connectivity index (χ3n) is 2.21. The molecule has 0 bridgehead atoms. The van der Waals surface area contributed by atoms with Gasteiger partial charge < -0.3 is 0 Å². The molecule has 12 heavy (non-hydrogen) atoms. The van der Waals surface area contributed by atoms with E-state index in [-0.39, 0.29) is 0 Å². The van der Waals surface area contributed by atoms with Gasteiger partial charge in [0.15, 0.2) is 0 Å². The predicted octanol–water partition coefficient (Wildman–Crippen LogP) is 1.18. The Morgan fingerprint density at radius 3 is 3.17 bits per heavy atom. The molecule has 1 unspecified atom stereocenters. The lowest BCUT2D eigenvalue weighted by molar-refractivity contribution is 0.0369. The minimum atomic E-state index is 0.569. The second-order valence-corrected chi connectivity index (χ2v) is 3.24. The fourth-order valence-corrected chi connectivity index (χ4v) is 1.56. The summed E-state index contributed by atoms with van der Waals surface area (Å²) in [5.74, 6) is 0. The Hall–Kier alpha value is -0.380. The molecule has 1 atom stereocenters. The molecule has 0 saturated heterocycles. The van der Waals surface area contributed by atoms with E-state index in [0.717, 1.165) is 6.42 Å². The summed E-state index contributed by atoms with van der Waals surface area (Å²) in [5.41, 5.74) is 4.00. The van der Waals surface area contributed by atoms with Gasteiger partial charge in [0.2, 0.25) is 0 Å². The molecule has 0 aromatic heterocycles. The van der Waals surface area contributed by atoms with Crippen LogP contribution in [0.3, 0.4) is 0 Å². The van der Waals surface area contributed by atoms with Crippen LogP contribution in [0.5, 0.6) is 0 Å². The Kier molecular flexibility index (Phi) is 4.29. The van der Waals surface area contributed by atoms with Crippen LogP contribution in [-0.4, -0.2) is 19.8 Å². The molecule has 1 aliphatic carbocycles. The zero-order valence-corrected chi connectivity index (χ0v) is 7.73. The summed E-state index contributed by atoms with van der Waals surface area (Å²) in [6.07, 6.45) is 4.81. The first-order valence-electron chi connectivity index (χ1n) is 4.51. The summed E-state index contributed by atoms with van der Waals surface area (Å²) < 4.78 is 0. The van der Waals surface area contributed by atoms with E-state index < -0.39 is 0 Å². The zero-order valence-electron chi connectivity index (χ0n) is 7.73. The summed E-state index contributed by atoms with van der Waals surface area (Å²) in [6.45, 7) is 4.57. The molecule has 0 aliphatic heterocycles. The summed E-state index contributed by atoms with van der Waals surface area (Å²) >= 11 is 0. The van der Waals surface area contributed by atoms with Gasteiger partial charge in [-0.05, 0) is 25.7 Å². The van der Waals surface area contributed by atoms with E-state index in [4.69, 9.17) is 4.84 Å². The average molecular weight is 170 g/mol. The highest BCUT2D eigenvalue weighted by atomic mass is 16.6. The molecule has 1 fully saturated rings. The first-order valence-corrected chi connectivity index (χ1v) is 4.51. The fraction of sp³-hybridized carbons (Fsp3) is 0.778. The SMILES string of the molecule is C=C1CCCC(NCONC)C1. The van der Waals surface area contributed by atoms with E-state index in [2.05, 4.69) is 17.4 Å². The lowest BCUT2D eigenvalue weighted by Crippen LogP contribution is -2.34. The normalized spacial score (nSPS) is 24.4. The maximum absolute atomic E-state index is 4.98. The highest BCUT2D eigenvalue weighted by molar-refractivity contribution is 5.01. The molecule has 1 rings (SSSR count). The third-order valence-corrected chi connectivity index (χ3v) is 2.21. The van der Waals surface area contributed by atoms with E-state index in [1.54, 1.807) is 7.05 Å². The second-order valence-electron chi connectivity index (χ2n) is 3.24. The fourth-order valence-electron chi connectivity index (χ4n) is 1.56. The van der Waals surface area contributed by atoms with Crippen LogP contribution in [0.1, 0.15) is 25.7 Å². The first-order chi connectivity index (χ1) is 5.83. The van der Waals surface area contributed by atoms with E-state index in [1.165, 1.54) is 24.8 Å². The highest BCUT2D eigenvalue weighted by Crippen LogP contribution is 2.21. The van der Waals surface area contributed by atoms with Crippen LogP contribution in [0.15, 0.2) is 12.2 Å². The van der Waals surface area contributed by atoms with Gasteiger partial charge in [0.1, 0.15) is 6.73 Å². The Balaban J connectivity index is 2.10. The minimum absolute atomic E-state index is 0.569. The summed E-state index contributed by atoms with van der Waals surface area (Å²) in [4.78, 5) is 4.98. The molecular formula is C9H18N2O. The van der Waals surface area contributed by atoms with Gasteiger partial charge in [-0.25, -0.2) is 5.48 Å². The van der Waals surface area contributed by atoms with Crippen molar-refractivity contribution in [3.63, 3.8) is 0 Å². The monoisotopic (exact) mass is 170 g/mol. The second kappa shape index (κ2) is 5.30. The van der Waals surface area contributed by atoms with Crippen molar-refractivity contribution in [1.82, 2.24) is 10.8 Å². The average Bonchev–Trinajstić information content (AvgIpc) is 2.05. The molecule has 0 radical (unpaired) electrons. The quantitative estimate of drug-likeness (QED) is 0.288. The standard InChI is InChI=1S/C9H18N2O/c1-8-4-3-5-9(6-8)11-7-12-10-2/h9-11H,1,3-7H2,2H3. The first kappa shape index (κ1) is 9.71. The maximum Gasteiger partial charge on any atom is 0.119 e. The zero-order chi connectivity index (χ0) is 8.81. The molecule has 70 valence electrons. The number of nitrogens with one attached hydrogen (secondary N) is 2. The van der Waals surface area contributed by atoms with E-state index in [1.807, 2.05) is 0 Å². The third kappa shape index (κ3) is 3.34. The molecule has 1 aliphatic rings. The lowest BCUT2D eigenvalue weighted by Gasteiger charge is -2.24. The molecule has 0 aromatic rings. The van der Waals surface area contributed by atoms with Gasteiger partial charge in [0, 0.05) is 13.1 Å². The van der Waals surface area contributed by atoms with Crippen molar-refractivity contribution in [2.45, 2.75) is 31.7 Å². The van der Waals surface area contributed by atoms with Gasteiger partial charge in [-0.15, -0.1) is 0 Å².